The minimum atomic E-state index is -0.612. The SMILES string of the molecule is COC(=O)NN=Cc1c2ccccc2c(Cl)c2ccccc12. The molecule has 0 saturated heterocycles. The van der Waals surface area contributed by atoms with Crippen LogP contribution in [0.4, 0.5) is 4.79 Å². The van der Waals surface area contributed by atoms with E-state index in [1.54, 1.807) is 6.21 Å². The summed E-state index contributed by atoms with van der Waals surface area (Å²) >= 11 is 6.52. The average molecular weight is 313 g/mol. The fourth-order valence-corrected chi connectivity index (χ4v) is 2.77. The molecule has 22 heavy (non-hydrogen) atoms. The van der Waals surface area contributed by atoms with Crippen LogP contribution in [-0.4, -0.2) is 19.4 Å². The van der Waals surface area contributed by atoms with E-state index in [0.29, 0.717) is 5.02 Å². The van der Waals surface area contributed by atoms with Gasteiger partial charge in [-0.05, 0) is 10.8 Å². The minimum Gasteiger partial charge on any atom is -0.452 e. The van der Waals surface area contributed by atoms with Crippen LogP contribution >= 0.6 is 11.6 Å². The van der Waals surface area contributed by atoms with Crippen LogP contribution in [0.25, 0.3) is 21.5 Å². The summed E-state index contributed by atoms with van der Waals surface area (Å²) in [5, 5.41) is 8.50. The van der Waals surface area contributed by atoms with Crippen LogP contribution in [0.15, 0.2) is 53.6 Å². The summed E-state index contributed by atoms with van der Waals surface area (Å²) in [6.45, 7) is 0. The number of nitrogens with one attached hydrogen (secondary N) is 1. The maximum Gasteiger partial charge on any atom is 0.427 e. The number of ether oxygens (including phenoxy) is 1. The van der Waals surface area contributed by atoms with Crippen molar-refractivity contribution < 1.29 is 9.53 Å². The number of carbonyl (C=O) groups excluding carboxylic acids is 1. The van der Waals surface area contributed by atoms with Gasteiger partial charge in [0.25, 0.3) is 0 Å². The second-order valence-electron chi connectivity index (χ2n) is 4.68. The molecule has 1 amide bonds. The number of benzene rings is 3. The van der Waals surface area contributed by atoms with Gasteiger partial charge >= 0.3 is 6.09 Å². The molecule has 3 aromatic rings. The molecule has 0 aliphatic rings. The van der Waals surface area contributed by atoms with Crippen LogP contribution in [0.5, 0.6) is 0 Å². The van der Waals surface area contributed by atoms with Crippen LogP contribution in [-0.2, 0) is 4.74 Å². The highest BCUT2D eigenvalue weighted by molar-refractivity contribution is 6.42. The molecule has 0 heterocycles. The molecule has 1 N–H and O–H groups in total. The highest BCUT2D eigenvalue weighted by Gasteiger charge is 2.10. The van der Waals surface area contributed by atoms with Crippen molar-refractivity contribution in [1.82, 2.24) is 5.43 Å². The predicted octanol–water partition coefficient (Wildman–Crippen LogP) is 4.34. The Morgan fingerprint density at radius 2 is 1.55 bits per heavy atom. The van der Waals surface area contributed by atoms with Gasteiger partial charge in [0.1, 0.15) is 0 Å². The van der Waals surface area contributed by atoms with Crippen molar-refractivity contribution in [3.63, 3.8) is 0 Å². The van der Waals surface area contributed by atoms with Gasteiger partial charge in [0.2, 0.25) is 0 Å². The van der Waals surface area contributed by atoms with E-state index in [9.17, 15) is 4.79 Å². The van der Waals surface area contributed by atoms with E-state index in [4.69, 9.17) is 11.6 Å². The van der Waals surface area contributed by atoms with Gasteiger partial charge in [0.15, 0.2) is 0 Å². The first-order valence-corrected chi connectivity index (χ1v) is 7.06. The third-order valence-corrected chi connectivity index (χ3v) is 3.85. The zero-order chi connectivity index (χ0) is 15.5. The Morgan fingerprint density at radius 3 is 2.05 bits per heavy atom. The summed E-state index contributed by atoms with van der Waals surface area (Å²) in [5.41, 5.74) is 3.20. The Hall–Kier alpha value is -2.59. The summed E-state index contributed by atoms with van der Waals surface area (Å²) in [6.07, 6.45) is 0.997. The number of rotatable bonds is 2. The Balaban J connectivity index is 2.25. The van der Waals surface area contributed by atoms with Crippen molar-refractivity contribution in [1.29, 1.82) is 0 Å². The molecular weight excluding hydrogens is 300 g/mol. The third-order valence-electron chi connectivity index (χ3n) is 3.44. The predicted molar refractivity (Wildman–Crippen MR) is 89.6 cm³/mol. The lowest BCUT2D eigenvalue weighted by atomic mass is 9.97. The van der Waals surface area contributed by atoms with Crippen LogP contribution in [0.1, 0.15) is 5.56 Å². The zero-order valence-electron chi connectivity index (χ0n) is 11.8. The Kier molecular flexibility index (Phi) is 3.94. The van der Waals surface area contributed by atoms with E-state index in [2.05, 4.69) is 15.3 Å². The molecule has 3 rings (SSSR count). The largest absolute Gasteiger partial charge is 0.452 e. The van der Waals surface area contributed by atoms with Gasteiger partial charge < -0.3 is 4.74 Å². The molecule has 4 nitrogen and oxygen atoms in total. The number of amides is 1. The fraction of sp³-hybridized carbons (Fsp3) is 0.0588. The molecule has 0 spiro atoms. The number of nitrogens with zero attached hydrogens (tertiary/aromatic N) is 1. The number of hydrogen-bond acceptors (Lipinski definition) is 3. The molecule has 110 valence electrons. The summed E-state index contributed by atoms with van der Waals surface area (Å²) in [4.78, 5) is 11.1. The molecule has 3 aromatic carbocycles. The maximum absolute atomic E-state index is 11.1. The smallest absolute Gasteiger partial charge is 0.427 e. The third kappa shape index (κ3) is 2.49. The first-order valence-electron chi connectivity index (χ1n) is 6.68. The number of hydrogen-bond donors (Lipinski definition) is 1. The topological polar surface area (TPSA) is 50.7 Å². The number of methoxy groups -OCH3 is 1. The van der Waals surface area contributed by atoms with Gasteiger partial charge in [-0.3, -0.25) is 0 Å². The van der Waals surface area contributed by atoms with Crippen molar-refractivity contribution in [3.05, 3.63) is 59.1 Å². The molecule has 0 aromatic heterocycles. The van der Waals surface area contributed by atoms with Gasteiger partial charge in [0, 0.05) is 16.3 Å². The summed E-state index contributed by atoms with van der Waals surface area (Å²) in [7, 11) is 1.29. The van der Waals surface area contributed by atoms with E-state index in [-0.39, 0.29) is 0 Å². The molecular formula is C17H13ClN2O2. The maximum atomic E-state index is 11.1. The van der Waals surface area contributed by atoms with E-state index < -0.39 is 6.09 Å². The van der Waals surface area contributed by atoms with Crippen LogP contribution in [0.2, 0.25) is 5.02 Å². The standard InChI is InChI=1S/C17H13ClN2O2/c1-22-17(21)20-19-10-15-11-6-2-4-8-13(11)16(18)14-9-5-3-7-12(14)15/h2-10H,1H3,(H,20,21). The van der Waals surface area contributed by atoms with Gasteiger partial charge in [-0.2, -0.15) is 5.10 Å². The number of carbonyl (C=O) groups is 1. The van der Waals surface area contributed by atoms with Crippen LogP contribution in [0, 0.1) is 0 Å². The molecule has 5 heteroatoms. The number of halogens is 1. The number of fused-ring (bicyclic) bond motifs is 2. The summed E-state index contributed by atoms with van der Waals surface area (Å²) < 4.78 is 4.50. The quantitative estimate of drug-likeness (QED) is 0.435. The van der Waals surface area contributed by atoms with E-state index >= 15 is 0 Å². The van der Waals surface area contributed by atoms with Crippen molar-refractivity contribution >= 4 is 45.5 Å². The molecule has 0 radical (unpaired) electrons. The summed E-state index contributed by atoms with van der Waals surface area (Å²) in [6, 6.07) is 15.7. The zero-order valence-corrected chi connectivity index (χ0v) is 12.6. The minimum absolute atomic E-state index is 0.612. The van der Waals surface area contributed by atoms with Gasteiger partial charge in [-0.25, -0.2) is 10.2 Å². The van der Waals surface area contributed by atoms with Crippen LogP contribution < -0.4 is 5.43 Å². The lowest BCUT2D eigenvalue weighted by Gasteiger charge is -2.10. The molecule has 0 aliphatic carbocycles. The van der Waals surface area contributed by atoms with E-state index in [0.717, 1.165) is 27.1 Å². The van der Waals surface area contributed by atoms with Crippen molar-refractivity contribution in [2.75, 3.05) is 7.11 Å². The van der Waals surface area contributed by atoms with E-state index in [1.807, 2.05) is 48.5 Å². The monoisotopic (exact) mass is 312 g/mol. The second-order valence-corrected chi connectivity index (χ2v) is 5.06. The highest BCUT2D eigenvalue weighted by Crippen LogP contribution is 2.35. The molecule has 0 unspecified atom stereocenters. The van der Waals surface area contributed by atoms with E-state index in [1.165, 1.54) is 7.11 Å². The average Bonchev–Trinajstić information content (AvgIpc) is 2.57. The van der Waals surface area contributed by atoms with Crippen molar-refractivity contribution in [3.8, 4) is 0 Å². The van der Waals surface area contributed by atoms with Crippen LogP contribution in [0.3, 0.4) is 0 Å². The normalized spacial score (nSPS) is 11.2. The fourth-order valence-electron chi connectivity index (χ4n) is 2.44. The van der Waals surface area contributed by atoms with Crippen molar-refractivity contribution in [2.45, 2.75) is 0 Å². The van der Waals surface area contributed by atoms with Gasteiger partial charge in [0.05, 0.1) is 18.3 Å². The Morgan fingerprint density at radius 1 is 1.05 bits per heavy atom. The molecule has 0 saturated carbocycles. The number of hydrazone groups is 1. The second kappa shape index (κ2) is 6.03. The Bertz CT molecular complexity index is 833. The molecule has 0 atom stereocenters. The van der Waals surface area contributed by atoms with Gasteiger partial charge in [-0.1, -0.05) is 60.1 Å². The summed E-state index contributed by atoms with van der Waals surface area (Å²) in [5.74, 6) is 0. The lowest BCUT2D eigenvalue weighted by molar-refractivity contribution is 0.171. The Labute approximate surface area is 132 Å². The highest BCUT2D eigenvalue weighted by atomic mass is 35.5. The molecule has 0 fully saturated rings. The molecule has 0 bridgehead atoms. The van der Waals surface area contributed by atoms with Gasteiger partial charge in [-0.15, -0.1) is 0 Å². The first-order chi connectivity index (χ1) is 10.7. The first kappa shape index (κ1) is 14.4. The molecule has 0 aliphatic heterocycles. The lowest BCUT2D eigenvalue weighted by Crippen LogP contribution is -2.16. The van der Waals surface area contributed by atoms with Crippen molar-refractivity contribution in [2.24, 2.45) is 5.10 Å².